The molecule has 0 aromatic carbocycles. The molecule has 0 unspecified atom stereocenters. The summed E-state index contributed by atoms with van der Waals surface area (Å²) >= 11 is 0. The van der Waals surface area contributed by atoms with Crippen LogP contribution in [-0.2, 0) is 27.8 Å². The first kappa shape index (κ1) is 16.3. The van der Waals surface area contributed by atoms with Crippen molar-refractivity contribution in [2.75, 3.05) is 27.9 Å². The largest absolute Gasteiger partial charge is 0.500 e. The molecule has 7 heteroatoms. The van der Waals surface area contributed by atoms with E-state index in [0.29, 0.717) is 12.5 Å². The van der Waals surface area contributed by atoms with E-state index in [1.807, 2.05) is 0 Å². The van der Waals surface area contributed by atoms with Gasteiger partial charge in [0.2, 0.25) is 0 Å². The molecule has 0 spiro atoms. The van der Waals surface area contributed by atoms with Crippen LogP contribution in [-0.4, -0.2) is 42.7 Å². The Hall–Kier alpha value is -0.733. The molecule has 0 fully saturated rings. The molecule has 0 amide bonds. The molecular formula is C10H20O6Si. The van der Waals surface area contributed by atoms with Crippen molar-refractivity contribution < 1.29 is 27.8 Å². The number of hydrogen-bond donors (Lipinski definition) is 0. The van der Waals surface area contributed by atoms with Crippen molar-refractivity contribution in [2.45, 2.75) is 19.4 Å². The molecule has 0 aliphatic rings. The number of allylic oxidation sites excluding steroid dienone is 1. The Morgan fingerprint density at radius 1 is 1.18 bits per heavy atom. The number of hydrogen-bond acceptors (Lipinski definition) is 6. The molecule has 0 aliphatic carbocycles. The molecule has 0 saturated carbocycles. The predicted molar refractivity (Wildman–Crippen MR) is 63.1 cm³/mol. The van der Waals surface area contributed by atoms with Crippen LogP contribution in [0.2, 0.25) is 6.04 Å². The molecule has 0 N–H and O–H groups in total. The van der Waals surface area contributed by atoms with Crippen LogP contribution in [0, 0.1) is 0 Å². The van der Waals surface area contributed by atoms with Crippen molar-refractivity contribution in [3.63, 3.8) is 0 Å². The van der Waals surface area contributed by atoms with Crippen molar-refractivity contribution in [3.05, 3.63) is 12.2 Å². The lowest BCUT2D eigenvalue weighted by Gasteiger charge is -2.23. The van der Waals surface area contributed by atoms with Gasteiger partial charge in [0.15, 0.2) is 0 Å². The van der Waals surface area contributed by atoms with Gasteiger partial charge in [0, 0.05) is 33.4 Å². The number of rotatable bonds is 9. The van der Waals surface area contributed by atoms with Gasteiger partial charge in [0.25, 0.3) is 0 Å². The van der Waals surface area contributed by atoms with Crippen LogP contribution in [0.15, 0.2) is 12.2 Å². The molecular weight excluding hydrogens is 244 g/mol. The minimum Gasteiger partial charge on any atom is -0.377 e. The quantitative estimate of drug-likeness (QED) is 0.206. The second kappa shape index (κ2) is 9.31. The van der Waals surface area contributed by atoms with Crippen molar-refractivity contribution in [3.8, 4) is 0 Å². The highest BCUT2D eigenvalue weighted by molar-refractivity contribution is 6.60. The predicted octanol–water partition coefficient (Wildman–Crippen LogP) is 1.31. The molecule has 0 bridgehead atoms. The summed E-state index contributed by atoms with van der Waals surface area (Å²) in [5.41, 5.74) is 0. The minimum atomic E-state index is -2.54. The van der Waals surface area contributed by atoms with E-state index in [1.54, 1.807) is 34.3 Å². The van der Waals surface area contributed by atoms with Crippen LogP contribution < -0.4 is 0 Å². The SMILES string of the molecule is CC=CC(=O)OOCCC[Si](OC)(OC)OC. The monoisotopic (exact) mass is 264 g/mol. The second-order valence-electron chi connectivity index (χ2n) is 3.12. The van der Waals surface area contributed by atoms with E-state index in [4.69, 9.17) is 18.2 Å². The highest BCUT2D eigenvalue weighted by Gasteiger charge is 2.36. The third kappa shape index (κ3) is 6.54. The highest BCUT2D eigenvalue weighted by Crippen LogP contribution is 2.14. The normalized spacial score (nSPS) is 12.0. The van der Waals surface area contributed by atoms with E-state index in [-0.39, 0.29) is 6.61 Å². The molecule has 100 valence electrons. The average molecular weight is 264 g/mol. The number of carbonyl (C=O) groups is 1. The van der Waals surface area contributed by atoms with Gasteiger partial charge in [-0.3, -0.25) is 4.89 Å². The van der Waals surface area contributed by atoms with Gasteiger partial charge in [-0.25, -0.2) is 4.79 Å². The molecule has 17 heavy (non-hydrogen) atoms. The summed E-state index contributed by atoms with van der Waals surface area (Å²) in [5, 5.41) is 0. The van der Waals surface area contributed by atoms with Gasteiger partial charge in [-0.2, -0.15) is 4.89 Å². The Labute approximate surface area is 103 Å². The molecule has 0 radical (unpaired) electrons. The van der Waals surface area contributed by atoms with Crippen LogP contribution >= 0.6 is 0 Å². The molecule has 0 heterocycles. The molecule has 6 nitrogen and oxygen atoms in total. The Balaban J connectivity index is 3.72. The maximum absolute atomic E-state index is 10.9. The zero-order valence-electron chi connectivity index (χ0n) is 10.7. The lowest BCUT2D eigenvalue weighted by molar-refractivity contribution is -0.267. The van der Waals surface area contributed by atoms with Gasteiger partial charge in [0.05, 0.1) is 6.61 Å². The fourth-order valence-corrected chi connectivity index (χ4v) is 2.86. The zero-order chi connectivity index (χ0) is 13.1. The number of carbonyl (C=O) groups excluding carboxylic acids is 1. The molecule has 0 aromatic rings. The average Bonchev–Trinajstić information content (AvgIpc) is 2.35. The summed E-state index contributed by atoms with van der Waals surface area (Å²) in [6.45, 7) is 1.99. The van der Waals surface area contributed by atoms with Crippen LogP contribution in [0.3, 0.4) is 0 Å². The lowest BCUT2D eigenvalue weighted by atomic mass is 10.5. The Kier molecular flexibility index (Phi) is 8.91. The Morgan fingerprint density at radius 3 is 2.24 bits per heavy atom. The van der Waals surface area contributed by atoms with Gasteiger partial charge in [-0.05, 0) is 13.3 Å². The summed E-state index contributed by atoms with van der Waals surface area (Å²) < 4.78 is 15.7. The van der Waals surface area contributed by atoms with Crippen LogP contribution in [0.5, 0.6) is 0 Å². The molecule has 0 saturated heterocycles. The van der Waals surface area contributed by atoms with Crippen LogP contribution in [0.4, 0.5) is 0 Å². The van der Waals surface area contributed by atoms with E-state index >= 15 is 0 Å². The van der Waals surface area contributed by atoms with E-state index in [0.717, 1.165) is 0 Å². The molecule has 0 atom stereocenters. The smallest absolute Gasteiger partial charge is 0.377 e. The maximum Gasteiger partial charge on any atom is 0.500 e. The molecule has 0 aromatic heterocycles. The van der Waals surface area contributed by atoms with Gasteiger partial charge in [-0.15, -0.1) is 0 Å². The van der Waals surface area contributed by atoms with Gasteiger partial charge in [0.1, 0.15) is 0 Å². The van der Waals surface area contributed by atoms with Crippen LogP contribution in [0.25, 0.3) is 0 Å². The fourth-order valence-electron chi connectivity index (χ4n) is 1.17. The summed E-state index contributed by atoms with van der Waals surface area (Å²) in [6.07, 6.45) is 3.47. The van der Waals surface area contributed by atoms with E-state index < -0.39 is 14.8 Å². The first-order valence-electron chi connectivity index (χ1n) is 5.25. The van der Waals surface area contributed by atoms with Crippen molar-refractivity contribution in [1.82, 2.24) is 0 Å². The summed E-state index contributed by atoms with van der Waals surface area (Å²) in [5.74, 6) is -0.527. The summed E-state index contributed by atoms with van der Waals surface area (Å²) in [4.78, 5) is 20.1. The van der Waals surface area contributed by atoms with Gasteiger partial charge < -0.3 is 13.3 Å². The summed E-state index contributed by atoms with van der Waals surface area (Å²) in [7, 11) is 2.10. The van der Waals surface area contributed by atoms with E-state index in [2.05, 4.69) is 4.89 Å². The van der Waals surface area contributed by atoms with Gasteiger partial charge in [-0.1, -0.05) is 6.08 Å². The first-order valence-corrected chi connectivity index (χ1v) is 7.19. The maximum atomic E-state index is 10.9. The first-order chi connectivity index (χ1) is 8.14. The standard InChI is InChI=1S/C10H20O6Si/c1-5-7-10(11)16-15-8-6-9-17(12-2,13-3)14-4/h5,7H,6,8-9H2,1-4H3. The summed E-state index contributed by atoms with van der Waals surface area (Å²) in [6, 6.07) is 0.595. The van der Waals surface area contributed by atoms with Crippen molar-refractivity contribution >= 4 is 14.8 Å². The molecule has 0 aliphatic heterocycles. The lowest BCUT2D eigenvalue weighted by Crippen LogP contribution is -2.42. The topological polar surface area (TPSA) is 63.2 Å². The van der Waals surface area contributed by atoms with E-state index in [9.17, 15) is 4.79 Å². The van der Waals surface area contributed by atoms with Crippen LogP contribution in [0.1, 0.15) is 13.3 Å². The van der Waals surface area contributed by atoms with Gasteiger partial charge >= 0.3 is 14.8 Å². The fraction of sp³-hybridized carbons (Fsp3) is 0.700. The Morgan fingerprint density at radius 2 is 1.76 bits per heavy atom. The van der Waals surface area contributed by atoms with Crippen molar-refractivity contribution in [2.24, 2.45) is 0 Å². The minimum absolute atomic E-state index is 0.272. The highest BCUT2D eigenvalue weighted by atomic mass is 28.4. The zero-order valence-corrected chi connectivity index (χ0v) is 11.7. The molecule has 0 rings (SSSR count). The third-order valence-electron chi connectivity index (χ3n) is 2.09. The van der Waals surface area contributed by atoms with E-state index in [1.165, 1.54) is 6.08 Å². The third-order valence-corrected chi connectivity index (χ3v) is 4.92. The Bertz CT molecular complexity index is 231. The van der Waals surface area contributed by atoms with Crippen molar-refractivity contribution in [1.29, 1.82) is 0 Å². The second-order valence-corrected chi connectivity index (χ2v) is 6.21.